The molecule has 0 heterocycles. The lowest BCUT2D eigenvalue weighted by atomic mass is 10.2. The van der Waals surface area contributed by atoms with Gasteiger partial charge in [-0.15, -0.1) is 6.42 Å². The van der Waals surface area contributed by atoms with E-state index in [0.29, 0.717) is 11.3 Å². The summed E-state index contributed by atoms with van der Waals surface area (Å²) in [4.78, 5) is 22.6. The number of carbonyl (C=O) groups excluding carboxylic acids is 2. The Morgan fingerprint density at radius 3 is 2.90 bits per heavy atom. The van der Waals surface area contributed by atoms with Gasteiger partial charge in [0.2, 0.25) is 0 Å². The molecule has 0 fully saturated rings. The van der Waals surface area contributed by atoms with E-state index in [4.69, 9.17) is 15.9 Å². The molecule has 0 saturated carbocycles. The van der Waals surface area contributed by atoms with Crippen molar-refractivity contribution in [1.29, 1.82) is 0 Å². The van der Waals surface area contributed by atoms with E-state index >= 15 is 0 Å². The van der Waals surface area contributed by atoms with Crippen molar-refractivity contribution in [2.75, 3.05) is 20.3 Å². The molecule has 0 aliphatic rings. The van der Waals surface area contributed by atoms with Crippen LogP contribution in [0.25, 0.3) is 6.08 Å². The zero-order valence-corrected chi connectivity index (χ0v) is 11.5. The molecule has 110 valence electrons. The van der Waals surface area contributed by atoms with Crippen molar-refractivity contribution in [2.24, 2.45) is 0 Å². The van der Waals surface area contributed by atoms with Crippen molar-refractivity contribution in [3.05, 3.63) is 29.8 Å². The standard InChI is InChI=1S/C15H15NO5/c1-3-8-16-14(18)10-21-15(19)7-5-11-4-6-12(17)13(9-11)20-2/h1,4-7,9,17H,8,10H2,2H3,(H,16,18)/b7-5+. The van der Waals surface area contributed by atoms with E-state index in [1.54, 1.807) is 12.1 Å². The molecule has 1 aromatic rings. The Balaban J connectivity index is 2.51. The van der Waals surface area contributed by atoms with Gasteiger partial charge in [0.05, 0.1) is 13.7 Å². The number of carbonyl (C=O) groups is 2. The quantitative estimate of drug-likeness (QED) is 0.457. The monoisotopic (exact) mass is 289 g/mol. The maximum Gasteiger partial charge on any atom is 0.331 e. The van der Waals surface area contributed by atoms with Crippen LogP contribution in [0.5, 0.6) is 11.5 Å². The van der Waals surface area contributed by atoms with Crippen molar-refractivity contribution in [3.63, 3.8) is 0 Å². The minimum atomic E-state index is -0.669. The van der Waals surface area contributed by atoms with E-state index in [9.17, 15) is 14.7 Å². The summed E-state index contributed by atoms with van der Waals surface area (Å²) in [6.45, 7) is -0.316. The minimum absolute atomic E-state index is 0.00223. The Labute approximate surface area is 122 Å². The van der Waals surface area contributed by atoms with E-state index in [1.807, 2.05) is 0 Å². The van der Waals surface area contributed by atoms with Gasteiger partial charge >= 0.3 is 5.97 Å². The molecule has 6 nitrogen and oxygen atoms in total. The van der Waals surface area contributed by atoms with Crippen LogP contribution in [0.2, 0.25) is 0 Å². The predicted molar refractivity (Wildman–Crippen MR) is 76.5 cm³/mol. The van der Waals surface area contributed by atoms with Gasteiger partial charge in [0.25, 0.3) is 5.91 Å². The van der Waals surface area contributed by atoms with E-state index in [0.717, 1.165) is 0 Å². The molecule has 0 aliphatic carbocycles. The molecule has 0 bridgehead atoms. The molecule has 0 saturated heterocycles. The molecule has 0 unspecified atom stereocenters. The number of ether oxygens (including phenoxy) is 2. The zero-order valence-electron chi connectivity index (χ0n) is 11.5. The van der Waals surface area contributed by atoms with Gasteiger partial charge in [-0.25, -0.2) is 4.79 Å². The average molecular weight is 289 g/mol. The lowest BCUT2D eigenvalue weighted by Crippen LogP contribution is -2.28. The first-order valence-electron chi connectivity index (χ1n) is 5.99. The van der Waals surface area contributed by atoms with Crippen molar-refractivity contribution < 1.29 is 24.2 Å². The average Bonchev–Trinajstić information content (AvgIpc) is 2.49. The largest absolute Gasteiger partial charge is 0.504 e. The van der Waals surface area contributed by atoms with Crippen LogP contribution in [-0.4, -0.2) is 37.2 Å². The smallest absolute Gasteiger partial charge is 0.331 e. The van der Waals surface area contributed by atoms with E-state index in [1.165, 1.54) is 25.3 Å². The summed E-state index contributed by atoms with van der Waals surface area (Å²) in [5.41, 5.74) is 0.637. The van der Waals surface area contributed by atoms with Crippen molar-refractivity contribution in [2.45, 2.75) is 0 Å². The van der Waals surface area contributed by atoms with Gasteiger partial charge in [-0.05, 0) is 23.8 Å². The number of phenols is 1. The topological polar surface area (TPSA) is 84.9 Å². The van der Waals surface area contributed by atoms with Crippen LogP contribution in [-0.2, 0) is 14.3 Å². The van der Waals surface area contributed by atoms with Gasteiger partial charge in [-0.2, -0.15) is 0 Å². The molecule has 0 aromatic heterocycles. The van der Waals surface area contributed by atoms with Crippen LogP contribution >= 0.6 is 0 Å². The summed E-state index contributed by atoms with van der Waals surface area (Å²) in [7, 11) is 1.42. The number of phenolic OH excluding ortho intramolecular Hbond substituents is 1. The highest BCUT2D eigenvalue weighted by Crippen LogP contribution is 2.26. The summed E-state index contributed by atoms with van der Waals surface area (Å²) in [6, 6.07) is 4.59. The van der Waals surface area contributed by atoms with Gasteiger partial charge in [-0.3, -0.25) is 4.79 Å². The van der Waals surface area contributed by atoms with E-state index in [-0.39, 0.29) is 12.3 Å². The van der Waals surface area contributed by atoms with Gasteiger partial charge in [0.15, 0.2) is 18.1 Å². The number of esters is 1. The third-order valence-electron chi connectivity index (χ3n) is 2.35. The van der Waals surface area contributed by atoms with Crippen LogP contribution in [0.15, 0.2) is 24.3 Å². The summed E-state index contributed by atoms with van der Waals surface area (Å²) < 4.78 is 9.66. The Kier molecular flexibility index (Phi) is 6.35. The second kappa shape index (κ2) is 8.27. The van der Waals surface area contributed by atoms with Gasteiger partial charge in [0, 0.05) is 6.08 Å². The first kappa shape index (κ1) is 16.1. The second-order valence-electron chi connectivity index (χ2n) is 3.85. The molecule has 0 spiro atoms. The lowest BCUT2D eigenvalue weighted by Gasteiger charge is -2.04. The van der Waals surface area contributed by atoms with Crippen molar-refractivity contribution in [3.8, 4) is 23.8 Å². The number of benzene rings is 1. The van der Waals surface area contributed by atoms with Crippen LogP contribution in [0.4, 0.5) is 0 Å². The fourth-order valence-electron chi connectivity index (χ4n) is 1.35. The van der Waals surface area contributed by atoms with Gasteiger partial charge in [-0.1, -0.05) is 12.0 Å². The second-order valence-corrected chi connectivity index (χ2v) is 3.85. The predicted octanol–water partition coefficient (Wildman–Crippen LogP) is 0.707. The summed E-state index contributed by atoms with van der Waals surface area (Å²) in [5.74, 6) is 1.38. The highest BCUT2D eigenvalue weighted by atomic mass is 16.5. The molecule has 0 radical (unpaired) electrons. The highest BCUT2D eigenvalue weighted by molar-refractivity contribution is 5.89. The number of hydrogen-bond donors (Lipinski definition) is 2. The number of methoxy groups -OCH3 is 1. The van der Waals surface area contributed by atoms with Gasteiger partial charge in [0.1, 0.15) is 0 Å². The molecule has 0 aliphatic heterocycles. The fourth-order valence-corrected chi connectivity index (χ4v) is 1.35. The zero-order chi connectivity index (χ0) is 15.7. The van der Waals surface area contributed by atoms with E-state index in [2.05, 4.69) is 11.2 Å². The molecule has 2 N–H and O–H groups in total. The maximum absolute atomic E-state index is 11.4. The molecule has 0 atom stereocenters. The fraction of sp³-hybridized carbons (Fsp3) is 0.200. The summed E-state index contributed by atoms with van der Waals surface area (Å²) >= 11 is 0. The Morgan fingerprint density at radius 1 is 1.48 bits per heavy atom. The van der Waals surface area contributed by atoms with Gasteiger partial charge < -0.3 is 19.9 Å². The van der Waals surface area contributed by atoms with Crippen LogP contribution in [0.1, 0.15) is 5.56 Å². The normalized spacial score (nSPS) is 9.90. The third-order valence-corrected chi connectivity index (χ3v) is 2.35. The Hall–Kier alpha value is -2.94. The molecule has 1 rings (SSSR count). The number of amides is 1. The van der Waals surface area contributed by atoms with E-state index < -0.39 is 18.5 Å². The first-order valence-corrected chi connectivity index (χ1v) is 5.99. The number of aromatic hydroxyl groups is 1. The summed E-state index contributed by atoms with van der Waals surface area (Å²) in [6.07, 6.45) is 7.61. The number of rotatable bonds is 6. The molecular formula is C15H15NO5. The number of hydrogen-bond acceptors (Lipinski definition) is 5. The SMILES string of the molecule is C#CCNC(=O)COC(=O)/C=C/c1ccc(O)c(OC)c1. The Bertz CT molecular complexity index is 586. The first-order chi connectivity index (χ1) is 10.1. The number of nitrogens with one attached hydrogen (secondary N) is 1. The van der Waals surface area contributed by atoms with Crippen LogP contribution < -0.4 is 10.1 Å². The van der Waals surface area contributed by atoms with Crippen molar-refractivity contribution in [1.82, 2.24) is 5.32 Å². The van der Waals surface area contributed by atoms with Crippen molar-refractivity contribution >= 4 is 18.0 Å². The number of terminal acetylenes is 1. The minimum Gasteiger partial charge on any atom is -0.504 e. The molecule has 1 aromatic carbocycles. The lowest BCUT2D eigenvalue weighted by molar-refractivity contribution is -0.143. The van der Waals surface area contributed by atoms with Crippen LogP contribution in [0, 0.1) is 12.3 Å². The highest BCUT2D eigenvalue weighted by Gasteiger charge is 2.04. The molecule has 21 heavy (non-hydrogen) atoms. The summed E-state index contributed by atoms with van der Waals surface area (Å²) in [5, 5.41) is 11.8. The molecule has 6 heteroatoms. The molecular weight excluding hydrogens is 274 g/mol. The maximum atomic E-state index is 11.4. The Morgan fingerprint density at radius 2 is 2.24 bits per heavy atom. The molecule has 1 amide bonds. The third kappa shape index (κ3) is 5.70. The van der Waals surface area contributed by atoms with Crippen LogP contribution in [0.3, 0.4) is 0 Å².